The molecule has 0 radical (unpaired) electrons. The lowest BCUT2D eigenvalue weighted by atomic mass is 10.0. The monoisotopic (exact) mass is 407 g/mol. The van der Waals surface area contributed by atoms with Crippen LogP contribution in [0, 0.1) is 6.92 Å². The summed E-state index contributed by atoms with van der Waals surface area (Å²) in [6.45, 7) is 5.03. The van der Waals surface area contributed by atoms with Gasteiger partial charge in [0.25, 0.3) is 0 Å². The van der Waals surface area contributed by atoms with Crippen LogP contribution >= 0.6 is 35.0 Å². The standard InChI is InChI=1S/C20H23Cl2N3S/c1-5-25(4)13-24-19-10-14(2)17(11-18(19)22)20(23-3)12-26-16-8-6-15(21)7-9-16/h6-11,13H,5,12H2,1-4H3/b23-20+,24-13-. The van der Waals surface area contributed by atoms with Crippen molar-refractivity contribution >= 4 is 52.7 Å². The molecule has 2 aromatic rings. The molecule has 0 saturated carbocycles. The van der Waals surface area contributed by atoms with Crippen LogP contribution in [-0.4, -0.2) is 43.3 Å². The third-order valence-corrected chi connectivity index (χ3v) is 5.53. The summed E-state index contributed by atoms with van der Waals surface area (Å²) >= 11 is 14.1. The second-order valence-electron chi connectivity index (χ2n) is 5.85. The van der Waals surface area contributed by atoms with E-state index in [-0.39, 0.29) is 0 Å². The van der Waals surface area contributed by atoms with Crippen molar-refractivity contribution in [3.63, 3.8) is 0 Å². The van der Waals surface area contributed by atoms with Crippen LogP contribution in [-0.2, 0) is 0 Å². The number of thioether (sulfide) groups is 1. The lowest BCUT2D eigenvalue weighted by Crippen LogP contribution is -2.14. The average Bonchev–Trinajstić information content (AvgIpc) is 2.64. The number of hydrogen-bond acceptors (Lipinski definition) is 3. The van der Waals surface area contributed by atoms with Gasteiger partial charge in [-0.05, 0) is 55.8 Å². The molecule has 0 bridgehead atoms. The van der Waals surface area contributed by atoms with Crippen molar-refractivity contribution < 1.29 is 0 Å². The van der Waals surface area contributed by atoms with Crippen LogP contribution in [0.15, 0.2) is 51.3 Å². The maximum absolute atomic E-state index is 6.45. The van der Waals surface area contributed by atoms with E-state index in [0.717, 1.165) is 44.7 Å². The van der Waals surface area contributed by atoms with E-state index in [1.165, 1.54) is 0 Å². The maximum Gasteiger partial charge on any atom is 0.0910 e. The molecule has 0 unspecified atom stereocenters. The van der Waals surface area contributed by atoms with E-state index in [4.69, 9.17) is 23.2 Å². The average molecular weight is 408 g/mol. The molecule has 0 spiro atoms. The van der Waals surface area contributed by atoms with E-state index >= 15 is 0 Å². The minimum atomic E-state index is 0.629. The summed E-state index contributed by atoms with van der Waals surface area (Å²) in [4.78, 5) is 12.1. The molecule has 0 aromatic heterocycles. The topological polar surface area (TPSA) is 28.0 Å². The second-order valence-corrected chi connectivity index (χ2v) is 7.74. The predicted octanol–water partition coefficient (Wildman–Crippen LogP) is 6.12. The van der Waals surface area contributed by atoms with Crippen LogP contribution in [0.4, 0.5) is 5.69 Å². The Morgan fingerprint density at radius 3 is 2.50 bits per heavy atom. The van der Waals surface area contributed by atoms with Crippen molar-refractivity contribution in [2.24, 2.45) is 9.98 Å². The minimum Gasteiger partial charge on any atom is -0.366 e. The van der Waals surface area contributed by atoms with Gasteiger partial charge in [0.05, 0.1) is 22.8 Å². The fraction of sp³-hybridized carbons (Fsp3) is 0.300. The van der Waals surface area contributed by atoms with Crippen LogP contribution in [0.1, 0.15) is 18.1 Å². The molecule has 0 aliphatic heterocycles. The first-order valence-electron chi connectivity index (χ1n) is 8.33. The Labute approximate surface area is 170 Å². The molecule has 3 nitrogen and oxygen atoms in total. The molecule has 0 saturated heterocycles. The van der Waals surface area contributed by atoms with Crippen LogP contribution in [0.5, 0.6) is 0 Å². The van der Waals surface area contributed by atoms with Gasteiger partial charge in [0.15, 0.2) is 0 Å². The highest BCUT2D eigenvalue weighted by Gasteiger charge is 2.11. The minimum absolute atomic E-state index is 0.629. The Bertz CT molecular complexity index is 801. The summed E-state index contributed by atoms with van der Waals surface area (Å²) in [6.07, 6.45) is 1.80. The van der Waals surface area contributed by atoms with Crippen LogP contribution < -0.4 is 0 Å². The van der Waals surface area contributed by atoms with Gasteiger partial charge in [-0.3, -0.25) is 4.99 Å². The van der Waals surface area contributed by atoms with Gasteiger partial charge in [0, 0.05) is 41.9 Å². The van der Waals surface area contributed by atoms with Crippen molar-refractivity contribution in [1.29, 1.82) is 0 Å². The van der Waals surface area contributed by atoms with E-state index in [0.29, 0.717) is 5.02 Å². The largest absolute Gasteiger partial charge is 0.366 e. The van der Waals surface area contributed by atoms with E-state index < -0.39 is 0 Å². The molecule has 0 N–H and O–H groups in total. The Morgan fingerprint density at radius 2 is 1.88 bits per heavy atom. The van der Waals surface area contributed by atoms with Crippen LogP contribution in [0.25, 0.3) is 0 Å². The highest BCUT2D eigenvalue weighted by molar-refractivity contribution is 8.00. The lowest BCUT2D eigenvalue weighted by Gasteiger charge is -2.13. The first kappa shape index (κ1) is 20.8. The zero-order chi connectivity index (χ0) is 19.1. The number of hydrogen-bond donors (Lipinski definition) is 0. The Morgan fingerprint density at radius 1 is 1.19 bits per heavy atom. The predicted molar refractivity (Wildman–Crippen MR) is 117 cm³/mol. The van der Waals surface area contributed by atoms with Crippen molar-refractivity contribution in [3.8, 4) is 0 Å². The van der Waals surface area contributed by atoms with E-state index in [2.05, 4.69) is 23.8 Å². The lowest BCUT2D eigenvalue weighted by molar-refractivity contribution is 0.552. The Balaban J connectivity index is 2.18. The molecule has 0 heterocycles. The molecular formula is C20H23Cl2N3S. The molecule has 2 rings (SSSR count). The van der Waals surface area contributed by atoms with Gasteiger partial charge in [-0.15, -0.1) is 11.8 Å². The number of rotatable bonds is 7. The third-order valence-electron chi connectivity index (χ3n) is 3.96. The molecule has 0 aliphatic rings. The fourth-order valence-electron chi connectivity index (χ4n) is 2.26. The zero-order valence-electron chi connectivity index (χ0n) is 15.5. The smallest absolute Gasteiger partial charge is 0.0910 e. The van der Waals surface area contributed by atoms with E-state index in [9.17, 15) is 0 Å². The Kier molecular flexibility index (Phi) is 8.01. The molecule has 0 fully saturated rings. The summed E-state index contributed by atoms with van der Waals surface area (Å²) < 4.78 is 0. The number of halogens is 2. The van der Waals surface area contributed by atoms with Crippen molar-refractivity contribution in [2.45, 2.75) is 18.7 Å². The van der Waals surface area contributed by atoms with Gasteiger partial charge in [-0.2, -0.15) is 0 Å². The highest BCUT2D eigenvalue weighted by atomic mass is 35.5. The van der Waals surface area contributed by atoms with Gasteiger partial charge in [0.2, 0.25) is 0 Å². The molecule has 6 heteroatoms. The molecule has 26 heavy (non-hydrogen) atoms. The fourth-order valence-corrected chi connectivity index (χ4v) is 3.52. The van der Waals surface area contributed by atoms with Crippen LogP contribution in [0.3, 0.4) is 0 Å². The maximum atomic E-state index is 6.45. The van der Waals surface area contributed by atoms with Gasteiger partial charge in [0.1, 0.15) is 0 Å². The molecule has 138 valence electrons. The molecule has 0 aliphatic carbocycles. The normalized spacial score (nSPS) is 12.0. The van der Waals surface area contributed by atoms with Gasteiger partial charge in [-0.25, -0.2) is 4.99 Å². The van der Waals surface area contributed by atoms with Crippen molar-refractivity contribution in [2.75, 3.05) is 26.4 Å². The first-order valence-corrected chi connectivity index (χ1v) is 10.1. The zero-order valence-corrected chi connectivity index (χ0v) is 17.8. The SMILES string of the molecule is CCN(C)/C=N\c1cc(C)c(/C(CSc2ccc(Cl)cc2)=N/C)cc1Cl. The quantitative estimate of drug-likeness (QED) is 0.313. The van der Waals surface area contributed by atoms with Gasteiger partial charge in [-0.1, -0.05) is 23.2 Å². The summed E-state index contributed by atoms with van der Waals surface area (Å²) in [5.74, 6) is 0.760. The molecular weight excluding hydrogens is 385 g/mol. The number of aliphatic imine (C=N–C) groups is 2. The van der Waals surface area contributed by atoms with Crippen molar-refractivity contribution in [3.05, 3.63) is 57.6 Å². The Hall–Kier alpha value is -1.49. The molecule has 0 atom stereocenters. The first-order chi connectivity index (χ1) is 12.4. The molecule has 0 amide bonds. The van der Waals surface area contributed by atoms with Gasteiger partial charge >= 0.3 is 0 Å². The summed E-state index contributed by atoms with van der Waals surface area (Å²) in [7, 11) is 3.79. The number of benzene rings is 2. The van der Waals surface area contributed by atoms with Gasteiger partial charge < -0.3 is 4.90 Å². The third kappa shape index (κ3) is 5.76. The van der Waals surface area contributed by atoms with Crippen LogP contribution in [0.2, 0.25) is 10.0 Å². The number of nitrogens with zero attached hydrogens (tertiary/aromatic N) is 3. The molecule has 2 aromatic carbocycles. The summed E-state index contributed by atoms with van der Waals surface area (Å²) in [6, 6.07) is 11.8. The van der Waals surface area contributed by atoms with E-state index in [1.807, 2.05) is 55.4 Å². The highest BCUT2D eigenvalue weighted by Crippen LogP contribution is 2.30. The summed E-state index contributed by atoms with van der Waals surface area (Å²) in [5, 5.41) is 1.37. The second kappa shape index (κ2) is 10.0. The summed E-state index contributed by atoms with van der Waals surface area (Å²) in [5.41, 5.74) is 3.94. The number of aryl methyl sites for hydroxylation is 1. The van der Waals surface area contributed by atoms with Crippen molar-refractivity contribution in [1.82, 2.24) is 4.90 Å². The van der Waals surface area contributed by atoms with E-state index in [1.54, 1.807) is 18.1 Å².